The van der Waals surface area contributed by atoms with Crippen LogP contribution < -0.4 is 4.74 Å². The molecule has 2 rings (SSSR count). The maximum atomic E-state index is 13.5. The summed E-state index contributed by atoms with van der Waals surface area (Å²) >= 11 is 5.91. The van der Waals surface area contributed by atoms with E-state index in [0.717, 1.165) is 12.3 Å². The summed E-state index contributed by atoms with van der Waals surface area (Å²) in [6.45, 7) is -0.0561. The van der Waals surface area contributed by atoms with Crippen molar-refractivity contribution in [2.75, 3.05) is 0 Å². The van der Waals surface area contributed by atoms with Gasteiger partial charge in [-0.2, -0.15) is 4.99 Å². The second-order valence-electron chi connectivity index (χ2n) is 3.70. The van der Waals surface area contributed by atoms with E-state index >= 15 is 0 Å². The molecule has 0 amide bonds. The summed E-state index contributed by atoms with van der Waals surface area (Å²) in [5.41, 5.74) is 0.147. The van der Waals surface area contributed by atoms with Crippen molar-refractivity contribution in [2.24, 2.45) is 4.99 Å². The van der Waals surface area contributed by atoms with E-state index < -0.39 is 11.6 Å². The summed E-state index contributed by atoms with van der Waals surface area (Å²) in [5, 5.41) is 0.183. The van der Waals surface area contributed by atoms with Gasteiger partial charge in [0, 0.05) is 16.7 Å². The maximum absolute atomic E-state index is 13.5. The monoisotopic (exact) mass is 296 g/mol. The standard InChI is InChI=1S/C13H7ClF2N2O2/c14-10-4-12(18-7-19)11(16)3-8(10)6-20-13-2-1-9(15)5-17-13/h1-5H,6H2. The molecule has 1 aromatic carbocycles. The van der Waals surface area contributed by atoms with Crippen molar-refractivity contribution in [1.29, 1.82) is 0 Å². The van der Waals surface area contributed by atoms with E-state index in [1.165, 1.54) is 24.3 Å². The van der Waals surface area contributed by atoms with Gasteiger partial charge in [0.25, 0.3) is 0 Å². The molecule has 0 aliphatic rings. The van der Waals surface area contributed by atoms with Crippen LogP contribution in [0, 0.1) is 11.6 Å². The first kappa shape index (κ1) is 14.1. The lowest BCUT2D eigenvalue weighted by Crippen LogP contribution is -1.99. The van der Waals surface area contributed by atoms with Crippen molar-refractivity contribution in [1.82, 2.24) is 4.98 Å². The highest BCUT2D eigenvalue weighted by Crippen LogP contribution is 2.27. The predicted molar refractivity (Wildman–Crippen MR) is 67.7 cm³/mol. The summed E-state index contributed by atoms with van der Waals surface area (Å²) in [4.78, 5) is 17.0. The van der Waals surface area contributed by atoms with Crippen LogP contribution in [-0.4, -0.2) is 11.1 Å². The third kappa shape index (κ3) is 3.38. The summed E-state index contributed by atoms with van der Waals surface area (Å²) in [5.74, 6) is -1.03. The van der Waals surface area contributed by atoms with Crippen molar-refractivity contribution in [3.63, 3.8) is 0 Å². The Hall–Kier alpha value is -2.30. The number of isocyanates is 1. The zero-order valence-electron chi connectivity index (χ0n) is 9.94. The van der Waals surface area contributed by atoms with E-state index in [2.05, 4.69) is 9.98 Å². The van der Waals surface area contributed by atoms with Crippen LogP contribution in [0.1, 0.15) is 5.56 Å². The molecule has 0 spiro atoms. The molecular formula is C13H7ClF2N2O2. The van der Waals surface area contributed by atoms with Gasteiger partial charge in [-0.1, -0.05) is 11.6 Å². The minimum absolute atomic E-state index is 0.0561. The Bertz CT molecular complexity index is 671. The van der Waals surface area contributed by atoms with Crippen molar-refractivity contribution >= 4 is 23.4 Å². The van der Waals surface area contributed by atoms with E-state index in [1.54, 1.807) is 0 Å². The molecule has 0 saturated heterocycles. The molecule has 0 N–H and O–H groups in total. The molecule has 0 fully saturated rings. The van der Waals surface area contributed by atoms with Crippen LogP contribution in [0.5, 0.6) is 5.88 Å². The number of hydrogen-bond donors (Lipinski definition) is 0. The number of halogens is 3. The Kier molecular flexibility index (Phi) is 4.40. The van der Waals surface area contributed by atoms with Crippen molar-refractivity contribution in [3.05, 3.63) is 52.7 Å². The van der Waals surface area contributed by atoms with Gasteiger partial charge in [0.1, 0.15) is 23.9 Å². The lowest BCUT2D eigenvalue weighted by Gasteiger charge is -2.08. The van der Waals surface area contributed by atoms with Gasteiger partial charge >= 0.3 is 0 Å². The Morgan fingerprint density at radius 1 is 1.35 bits per heavy atom. The fourth-order valence-electron chi connectivity index (χ4n) is 1.42. The number of aliphatic imine (C=N–C) groups is 1. The molecule has 7 heteroatoms. The first-order valence-electron chi connectivity index (χ1n) is 5.40. The molecule has 1 aromatic heterocycles. The predicted octanol–water partition coefficient (Wildman–Crippen LogP) is 3.56. The average molecular weight is 297 g/mol. The Morgan fingerprint density at radius 3 is 2.80 bits per heavy atom. The van der Waals surface area contributed by atoms with E-state index in [4.69, 9.17) is 16.3 Å². The van der Waals surface area contributed by atoms with Crippen LogP contribution >= 0.6 is 11.6 Å². The second kappa shape index (κ2) is 6.23. The fourth-order valence-corrected chi connectivity index (χ4v) is 1.63. The van der Waals surface area contributed by atoms with Gasteiger partial charge in [0.05, 0.1) is 6.20 Å². The van der Waals surface area contributed by atoms with Crippen molar-refractivity contribution in [2.45, 2.75) is 6.61 Å². The summed E-state index contributed by atoms with van der Waals surface area (Å²) in [7, 11) is 0. The SMILES string of the molecule is O=C=Nc1cc(Cl)c(COc2ccc(F)cn2)cc1F. The molecule has 0 unspecified atom stereocenters. The van der Waals surface area contributed by atoms with E-state index in [-0.39, 0.29) is 23.2 Å². The van der Waals surface area contributed by atoms with Crippen LogP contribution in [0.3, 0.4) is 0 Å². The summed E-state index contributed by atoms with van der Waals surface area (Å²) in [6.07, 6.45) is 2.23. The molecule has 0 aliphatic heterocycles. The van der Waals surface area contributed by atoms with Crippen molar-refractivity contribution in [3.8, 4) is 5.88 Å². The quantitative estimate of drug-likeness (QED) is 0.640. The minimum Gasteiger partial charge on any atom is -0.473 e. The number of benzene rings is 1. The molecule has 0 bridgehead atoms. The van der Waals surface area contributed by atoms with Gasteiger partial charge in [-0.15, -0.1) is 0 Å². The van der Waals surface area contributed by atoms with E-state index in [9.17, 15) is 13.6 Å². The van der Waals surface area contributed by atoms with Gasteiger partial charge in [0.15, 0.2) is 0 Å². The Balaban J connectivity index is 2.15. The molecule has 0 atom stereocenters. The molecule has 102 valence electrons. The highest BCUT2D eigenvalue weighted by Gasteiger charge is 2.09. The smallest absolute Gasteiger partial charge is 0.240 e. The molecular weight excluding hydrogens is 290 g/mol. The van der Waals surface area contributed by atoms with Crippen LogP contribution in [0.15, 0.2) is 35.5 Å². The third-order valence-electron chi connectivity index (χ3n) is 2.36. The molecule has 2 aromatic rings. The first-order chi connectivity index (χ1) is 9.60. The average Bonchev–Trinajstić information content (AvgIpc) is 2.43. The number of aromatic nitrogens is 1. The molecule has 1 heterocycles. The van der Waals surface area contributed by atoms with Crippen LogP contribution in [0.25, 0.3) is 0 Å². The zero-order valence-corrected chi connectivity index (χ0v) is 10.7. The van der Waals surface area contributed by atoms with Crippen molar-refractivity contribution < 1.29 is 18.3 Å². The summed E-state index contributed by atoms with van der Waals surface area (Å²) in [6, 6.07) is 4.82. The lowest BCUT2D eigenvalue weighted by molar-refractivity contribution is 0.292. The minimum atomic E-state index is -0.719. The van der Waals surface area contributed by atoms with E-state index in [1.807, 2.05) is 0 Å². The Labute approximate surface area is 117 Å². The van der Waals surface area contributed by atoms with Crippen LogP contribution in [0.4, 0.5) is 14.5 Å². The number of hydrogen-bond acceptors (Lipinski definition) is 4. The normalized spacial score (nSPS) is 9.95. The highest BCUT2D eigenvalue weighted by molar-refractivity contribution is 6.31. The largest absolute Gasteiger partial charge is 0.473 e. The first-order valence-corrected chi connectivity index (χ1v) is 5.78. The number of carbonyl (C=O) groups excluding carboxylic acids is 1. The van der Waals surface area contributed by atoms with Gasteiger partial charge in [-0.05, 0) is 18.2 Å². The molecule has 20 heavy (non-hydrogen) atoms. The van der Waals surface area contributed by atoms with Gasteiger partial charge < -0.3 is 4.74 Å². The number of pyridine rings is 1. The maximum Gasteiger partial charge on any atom is 0.240 e. The zero-order chi connectivity index (χ0) is 14.5. The lowest BCUT2D eigenvalue weighted by atomic mass is 10.2. The molecule has 0 saturated carbocycles. The topological polar surface area (TPSA) is 51.5 Å². The van der Waals surface area contributed by atoms with Crippen LogP contribution in [0.2, 0.25) is 5.02 Å². The van der Waals surface area contributed by atoms with Crippen LogP contribution in [-0.2, 0) is 11.4 Å². The number of ether oxygens (including phenoxy) is 1. The third-order valence-corrected chi connectivity index (χ3v) is 2.71. The summed E-state index contributed by atoms with van der Waals surface area (Å²) < 4.78 is 31.4. The van der Waals surface area contributed by atoms with Gasteiger partial charge in [0.2, 0.25) is 12.0 Å². The Morgan fingerprint density at radius 2 is 2.15 bits per heavy atom. The number of rotatable bonds is 4. The molecule has 4 nitrogen and oxygen atoms in total. The molecule has 0 aliphatic carbocycles. The highest BCUT2D eigenvalue weighted by atomic mass is 35.5. The van der Waals surface area contributed by atoms with Gasteiger partial charge in [-0.3, -0.25) is 0 Å². The fraction of sp³-hybridized carbons (Fsp3) is 0.0769. The number of nitrogens with zero attached hydrogens (tertiary/aromatic N) is 2. The van der Waals surface area contributed by atoms with Gasteiger partial charge in [-0.25, -0.2) is 18.6 Å². The second-order valence-corrected chi connectivity index (χ2v) is 4.11. The molecule has 0 radical (unpaired) electrons. The van der Waals surface area contributed by atoms with E-state index in [0.29, 0.717) is 5.56 Å².